The maximum absolute atomic E-state index is 11.3. The predicted octanol–water partition coefficient (Wildman–Crippen LogP) is 1.68. The van der Waals surface area contributed by atoms with Gasteiger partial charge in [0.2, 0.25) is 0 Å². The molecule has 2 rings (SSSR count). The van der Waals surface area contributed by atoms with Gasteiger partial charge in [0.25, 0.3) is 0 Å². The summed E-state index contributed by atoms with van der Waals surface area (Å²) in [5.41, 5.74) is 7.38. The maximum atomic E-state index is 11.3. The van der Waals surface area contributed by atoms with Gasteiger partial charge in [-0.3, -0.25) is 4.68 Å². The molecule has 1 aromatic heterocycles. The fourth-order valence-corrected chi connectivity index (χ4v) is 2.30. The van der Waals surface area contributed by atoms with Crippen molar-refractivity contribution in [3.05, 3.63) is 40.6 Å². The first-order valence-electron chi connectivity index (χ1n) is 5.12. The van der Waals surface area contributed by atoms with Crippen LogP contribution >= 0.6 is 15.9 Å². The van der Waals surface area contributed by atoms with Gasteiger partial charge >= 0.3 is 0 Å². The molecular weight excluding hydrogens is 318 g/mol. The van der Waals surface area contributed by atoms with Gasteiger partial charge in [-0.15, -0.1) is 0 Å². The molecule has 2 N–H and O–H groups in total. The summed E-state index contributed by atoms with van der Waals surface area (Å²) in [6.07, 6.45) is 4.01. The molecule has 1 aromatic carbocycles. The third-order valence-corrected chi connectivity index (χ3v) is 4.23. The van der Waals surface area contributed by atoms with Gasteiger partial charge in [-0.05, 0) is 33.6 Å². The van der Waals surface area contributed by atoms with Gasteiger partial charge in [-0.2, -0.15) is 5.10 Å². The topological polar surface area (TPSA) is 78.0 Å². The second-order valence-corrected chi connectivity index (χ2v) is 6.87. The highest BCUT2D eigenvalue weighted by Gasteiger charge is 2.10. The molecule has 1 heterocycles. The maximum Gasteiger partial charge on any atom is 0.178 e. The Hall–Kier alpha value is -1.34. The highest BCUT2D eigenvalue weighted by Crippen LogP contribution is 2.20. The summed E-state index contributed by atoms with van der Waals surface area (Å²) < 4.78 is 25.0. The van der Waals surface area contributed by atoms with E-state index in [1.807, 2.05) is 18.2 Å². The highest BCUT2D eigenvalue weighted by atomic mass is 79.9. The number of hydrogen-bond acceptors (Lipinski definition) is 4. The number of anilines is 1. The standard InChI is InChI=1S/C11H12BrN3O2S/c1-18(16,17)9-5-14-15(7-9)6-8-2-3-10(12)11(13)4-8/h2-5,7H,6,13H2,1H3. The van der Waals surface area contributed by atoms with Crippen molar-refractivity contribution < 1.29 is 8.42 Å². The number of hydrogen-bond donors (Lipinski definition) is 1. The lowest BCUT2D eigenvalue weighted by Crippen LogP contribution is -2.01. The number of halogens is 1. The minimum absolute atomic E-state index is 0.215. The van der Waals surface area contributed by atoms with Crippen LogP contribution in [0.15, 0.2) is 40.0 Å². The van der Waals surface area contributed by atoms with Crippen LogP contribution in [0, 0.1) is 0 Å². The Balaban J connectivity index is 2.24. The van der Waals surface area contributed by atoms with Crippen molar-refractivity contribution in [1.29, 1.82) is 0 Å². The van der Waals surface area contributed by atoms with Crippen LogP contribution in [0.5, 0.6) is 0 Å². The number of benzene rings is 1. The van der Waals surface area contributed by atoms with E-state index < -0.39 is 9.84 Å². The number of nitrogens with two attached hydrogens (primary N) is 1. The van der Waals surface area contributed by atoms with E-state index in [0.717, 1.165) is 16.3 Å². The minimum Gasteiger partial charge on any atom is -0.398 e. The number of rotatable bonds is 3. The van der Waals surface area contributed by atoms with E-state index in [2.05, 4.69) is 21.0 Å². The van der Waals surface area contributed by atoms with Gasteiger partial charge in [-0.25, -0.2) is 8.42 Å². The predicted molar refractivity (Wildman–Crippen MR) is 73.0 cm³/mol. The molecule has 0 aliphatic carbocycles. The largest absolute Gasteiger partial charge is 0.398 e. The van der Waals surface area contributed by atoms with E-state index in [1.54, 1.807) is 4.68 Å². The molecule has 0 unspecified atom stereocenters. The van der Waals surface area contributed by atoms with Crippen LogP contribution < -0.4 is 5.73 Å². The molecule has 7 heteroatoms. The average molecular weight is 330 g/mol. The molecule has 5 nitrogen and oxygen atoms in total. The lowest BCUT2D eigenvalue weighted by molar-refractivity contribution is 0.601. The molecule has 0 saturated heterocycles. The molecule has 96 valence electrons. The van der Waals surface area contributed by atoms with Crippen molar-refractivity contribution >= 4 is 31.5 Å². The van der Waals surface area contributed by atoms with Crippen LogP contribution in [0.25, 0.3) is 0 Å². The molecule has 0 fully saturated rings. The minimum atomic E-state index is -3.20. The van der Waals surface area contributed by atoms with Crippen LogP contribution in [0.1, 0.15) is 5.56 Å². The molecule has 0 aliphatic heterocycles. The summed E-state index contributed by atoms with van der Waals surface area (Å²) in [6.45, 7) is 0.479. The van der Waals surface area contributed by atoms with Crippen LogP contribution in [-0.2, 0) is 16.4 Å². The van der Waals surface area contributed by atoms with E-state index in [0.29, 0.717) is 12.2 Å². The lowest BCUT2D eigenvalue weighted by atomic mass is 10.2. The van der Waals surface area contributed by atoms with E-state index in [9.17, 15) is 8.42 Å². The van der Waals surface area contributed by atoms with Crippen LogP contribution in [0.2, 0.25) is 0 Å². The number of nitrogens with zero attached hydrogens (tertiary/aromatic N) is 2. The van der Waals surface area contributed by atoms with Gasteiger partial charge in [-0.1, -0.05) is 6.07 Å². The van der Waals surface area contributed by atoms with E-state index >= 15 is 0 Å². The monoisotopic (exact) mass is 329 g/mol. The fraction of sp³-hybridized carbons (Fsp3) is 0.182. The van der Waals surface area contributed by atoms with Gasteiger partial charge in [0, 0.05) is 22.6 Å². The average Bonchev–Trinajstić information content (AvgIpc) is 2.72. The van der Waals surface area contributed by atoms with Gasteiger partial charge in [0.15, 0.2) is 9.84 Å². The summed E-state index contributed by atoms with van der Waals surface area (Å²) in [4.78, 5) is 0.215. The van der Waals surface area contributed by atoms with E-state index in [-0.39, 0.29) is 4.90 Å². The Morgan fingerprint density at radius 3 is 2.72 bits per heavy atom. The molecule has 0 amide bonds. The molecule has 0 saturated carbocycles. The van der Waals surface area contributed by atoms with Crippen molar-refractivity contribution in [2.75, 3.05) is 12.0 Å². The molecule has 0 atom stereocenters. The van der Waals surface area contributed by atoms with E-state index in [4.69, 9.17) is 5.73 Å². The quantitative estimate of drug-likeness (QED) is 0.869. The Morgan fingerprint density at radius 2 is 2.17 bits per heavy atom. The first kappa shape index (κ1) is 13.1. The first-order chi connectivity index (χ1) is 8.36. The van der Waals surface area contributed by atoms with Crippen molar-refractivity contribution in [3.8, 4) is 0 Å². The van der Waals surface area contributed by atoms with Crippen molar-refractivity contribution in [2.24, 2.45) is 0 Å². The van der Waals surface area contributed by atoms with Gasteiger partial charge < -0.3 is 5.73 Å². The third-order valence-electron chi connectivity index (χ3n) is 2.44. The van der Waals surface area contributed by atoms with Gasteiger partial charge in [0.1, 0.15) is 4.90 Å². The number of sulfone groups is 1. The summed E-state index contributed by atoms with van der Waals surface area (Å²) in [6, 6.07) is 5.58. The van der Waals surface area contributed by atoms with Crippen LogP contribution in [-0.4, -0.2) is 24.5 Å². The Morgan fingerprint density at radius 1 is 1.44 bits per heavy atom. The zero-order chi connectivity index (χ0) is 13.3. The Kier molecular flexibility index (Phi) is 3.45. The molecular formula is C11H12BrN3O2S. The zero-order valence-electron chi connectivity index (χ0n) is 9.67. The number of nitrogen functional groups attached to an aromatic ring is 1. The second-order valence-electron chi connectivity index (χ2n) is 4.00. The van der Waals surface area contributed by atoms with Crippen molar-refractivity contribution in [2.45, 2.75) is 11.4 Å². The molecule has 0 aliphatic rings. The van der Waals surface area contributed by atoms with Gasteiger partial charge in [0.05, 0.1) is 12.7 Å². The van der Waals surface area contributed by atoms with E-state index in [1.165, 1.54) is 12.4 Å². The molecule has 0 spiro atoms. The van der Waals surface area contributed by atoms with Crippen LogP contribution in [0.4, 0.5) is 5.69 Å². The smallest absolute Gasteiger partial charge is 0.178 e. The molecule has 0 bridgehead atoms. The summed E-state index contributed by atoms with van der Waals surface area (Å²) in [5.74, 6) is 0. The first-order valence-corrected chi connectivity index (χ1v) is 7.81. The highest BCUT2D eigenvalue weighted by molar-refractivity contribution is 9.10. The molecule has 0 radical (unpaired) electrons. The van der Waals surface area contributed by atoms with Crippen LogP contribution in [0.3, 0.4) is 0 Å². The number of aromatic nitrogens is 2. The lowest BCUT2D eigenvalue weighted by Gasteiger charge is -2.04. The second kappa shape index (κ2) is 4.74. The fourth-order valence-electron chi connectivity index (χ4n) is 1.50. The van der Waals surface area contributed by atoms with Crippen molar-refractivity contribution in [3.63, 3.8) is 0 Å². The summed E-state index contributed by atoms with van der Waals surface area (Å²) in [5, 5.41) is 4.01. The third kappa shape index (κ3) is 2.91. The molecule has 2 aromatic rings. The Bertz CT molecular complexity index is 679. The zero-order valence-corrected chi connectivity index (χ0v) is 12.1. The van der Waals surface area contributed by atoms with Crippen molar-refractivity contribution in [1.82, 2.24) is 9.78 Å². The summed E-state index contributed by atoms with van der Waals surface area (Å²) in [7, 11) is -3.20. The molecule has 18 heavy (non-hydrogen) atoms. The SMILES string of the molecule is CS(=O)(=O)c1cnn(Cc2ccc(Br)c(N)c2)c1. The Labute approximate surface area is 114 Å². The summed E-state index contributed by atoms with van der Waals surface area (Å²) >= 11 is 3.32. The normalized spacial score (nSPS) is 11.7.